The van der Waals surface area contributed by atoms with Gasteiger partial charge in [0.25, 0.3) is 5.56 Å². The first-order valence-corrected chi connectivity index (χ1v) is 15.3. The van der Waals surface area contributed by atoms with E-state index in [4.69, 9.17) is 40.2 Å². The smallest absolute Gasteiger partial charge is 0.369 e. The maximum Gasteiger partial charge on any atom is 0.387 e. The molecule has 2 aliphatic rings. The standard InChI is InChI=1S/C19H20ClFN8O7P2S/c20-8-3-9-15(23-4-8)28-1-2-32-37-33-5-10-12(21)14(36-38(31,39)34-6-11(28)25-9)18(35-10)29-7-24-13-16(29)26-19(22)27-17(13)30/h3-4,7,10,12,14,18,37H,1-2,5-6H2,(H,31,39)(H3,22,26,27,30)/t10-,12-,14-,18-,38?/m1/s1. The molecule has 2 unspecified atom stereocenters. The number of nitrogens with two attached hydrogens (primary N) is 1. The van der Waals surface area contributed by atoms with E-state index in [1.54, 1.807) is 10.6 Å². The summed E-state index contributed by atoms with van der Waals surface area (Å²) in [7, 11) is -0.432. The van der Waals surface area contributed by atoms with Crippen molar-refractivity contribution in [3.8, 4) is 0 Å². The molecule has 0 radical (unpaired) electrons. The van der Waals surface area contributed by atoms with Crippen LogP contribution in [0.1, 0.15) is 12.1 Å². The summed E-state index contributed by atoms with van der Waals surface area (Å²) in [5.41, 5.74) is 6.04. The Labute approximate surface area is 230 Å². The Morgan fingerprint density at radius 1 is 1.28 bits per heavy atom. The number of halogens is 2. The van der Waals surface area contributed by atoms with Gasteiger partial charge in [-0.05, 0) is 6.07 Å². The van der Waals surface area contributed by atoms with E-state index >= 15 is 4.39 Å². The number of aromatic nitrogens is 7. The fraction of sp³-hybridized carbons (Fsp3) is 0.421. The van der Waals surface area contributed by atoms with Crippen molar-refractivity contribution in [1.82, 2.24) is 34.1 Å². The second-order valence-corrected chi connectivity index (χ2v) is 12.6. The van der Waals surface area contributed by atoms with Crippen LogP contribution in [-0.4, -0.2) is 65.6 Å². The molecule has 4 aromatic rings. The fourth-order valence-electron chi connectivity index (χ4n) is 4.33. The first kappa shape index (κ1) is 27.0. The second-order valence-electron chi connectivity index (χ2n) is 8.52. The molecule has 2 bridgehead atoms. The van der Waals surface area contributed by atoms with E-state index in [0.29, 0.717) is 28.6 Å². The van der Waals surface area contributed by atoms with Crippen molar-refractivity contribution in [3.63, 3.8) is 0 Å². The Bertz CT molecular complexity index is 1660. The van der Waals surface area contributed by atoms with E-state index in [9.17, 15) is 9.36 Å². The Kier molecular flexibility index (Phi) is 7.37. The minimum absolute atomic E-state index is 0.0121. The molecular formula is C19H20ClFN8O7P2S. The molecule has 6 atom stereocenters. The maximum atomic E-state index is 15.7. The summed E-state index contributed by atoms with van der Waals surface area (Å²) in [6, 6.07) is 1.63. The maximum absolute atomic E-state index is 15.7. The zero-order chi connectivity index (χ0) is 27.3. The van der Waals surface area contributed by atoms with Gasteiger partial charge < -0.3 is 24.1 Å². The normalized spacial score (nSPS) is 29.4. The van der Waals surface area contributed by atoms with E-state index in [1.165, 1.54) is 17.1 Å². The Hall–Kier alpha value is -2.20. The number of imidazole rings is 2. The van der Waals surface area contributed by atoms with Crippen LogP contribution in [0.4, 0.5) is 10.3 Å². The average molecular weight is 621 g/mol. The quantitative estimate of drug-likeness (QED) is 0.209. The van der Waals surface area contributed by atoms with Crippen LogP contribution in [0.25, 0.3) is 22.3 Å². The third-order valence-corrected chi connectivity index (χ3v) is 8.42. The molecule has 2 aliphatic heterocycles. The molecule has 4 aromatic heterocycles. The minimum Gasteiger partial charge on any atom is -0.369 e. The van der Waals surface area contributed by atoms with Gasteiger partial charge in [0.15, 0.2) is 38.2 Å². The lowest BCUT2D eigenvalue weighted by Gasteiger charge is -2.24. The Morgan fingerprint density at radius 2 is 2.13 bits per heavy atom. The van der Waals surface area contributed by atoms with Gasteiger partial charge in [-0.15, -0.1) is 0 Å². The summed E-state index contributed by atoms with van der Waals surface area (Å²) in [4.78, 5) is 31.5. The number of hydrogen-bond acceptors (Lipinski definition) is 12. The number of pyridine rings is 1. The van der Waals surface area contributed by atoms with Crippen molar-refractivity contribution in [1.29, 1.82) is 0 Å². The van der Waals surface area contributed by atoms with Gasteiger partial charge in [-0.25, -0.2) is 23.9 Å². The number of nitrogen functional groups attached to an aromatic ring is 1. The lowest BCUT2D eigenvalue weighted by molar-refractivity contribution is -0.0430. The first-order chi connectivity index (χ1) is 18.7. The first-order valence-electron chi connectivity index (χ1n) is 11.4. The summed E-state index contributed by atoms with van der Waals surface area (Å²) in [5, 5.41) is 0.386. The van der Waals surface area contributed by atoms with Gasteiger partial charge in [0.2, 0.25) is 5.95 Å². The van der Waals surface area contributed by atoms with Crippen molar-refractivity contribution in [2.45, 2.75) is 37.8 Å². The monoisotopic (exact) mass is 620 g/mol. The third kappa shape index (κ3) is 5.31. The van der Waals surface area contributed by atoms with Gasteiger partial charge in [-0.3, -0.25) is 23.4 Å². The molecule has 20 heteroatoms. The van der Waals surface area contributed by atoms with Crippen molar-refractivity contribution in [2.24, 2.45) is 0 Å². The average Bonchev–Trinajstić information content (AvgIpc) is 3.53. The molecule has 1 fully saturated rings. The SMILES string of the molecule is Nc1nc2c(ncn2[C@@H]2O[C@@H]3COPOCCn4c(nc5cc(Cl)cnc54)COP(=O)(S)O[C@@H]2[C@@H]3F)c(=O)[nH]1. The van der Waals surface area contributed by atoms with Crippen molar-refractivity contribution in [3.05, 3.63) is 39.8 Å². The molecular weight excluding hydrogens is 601 g/mol. The number of nitrogens with zero attached hydrogens (tertiary/aromatic N) is 6. The molecule has 3 N–H and O–H groups in total. The summed E-state index contributed by atoms with van der Waals surface area (Å²) < 4.78 is 60.1. The number of fused-ring (bicyclic) bond motifs is 6. The van der Waals surface area contributed by atoms with Crippen LogP contribution in [0.15, 0.2) is 23.4 Å². The van der Waals surface area contributed by atoms with E-state index < -0.39 is 46.0 Å². The van der Waals surface area contributed by atoms with Crippen LogP contribution in [-0.2, 0) is 40.5 Å². The number of nitrogens with one attached hydrogen (secondary N) is 1. The van der Waals surface area contributed by atoms with Crippen LogP contribution in [0.2, 0.25) is 5.02 Å². The van der Waals surface area contributed by atoms with Crippen molar-refractivity contribution < 1.29 is 31.8 Å². The van der Waals surface area contributed by atoms with Gasteiger partial charge in [0, 0.05) is 12.7 Å². The molecule has 0 saturated carbocycles. The van der Waals surface area contributed by atoms with Crippen LogP contribution < -0.4 is 11.3 Å². The minimum atomic E-state index is -4.23. The van der Waals surface area contributed by atoms with E-state index in [2.05, 4.69) is 37.2 Å². The van der Waals surface area contributed by atoms with E-state index in [0.717, 1.165) is 0 Å². The number of ether oxygens (including phenoxy) is 1. The number of rotatable bonds is 1. The Balaban J connectivity index is 1.34. The number of alkyl halides is 1. The molecule has 0 spiro atoms. The lowest BCUT2D eigenvalue weighted by Crippen LogP contribution is -2.31. The molecule has 15 nitrogen and oxygen atoms in total. The van der Waals surface area contributed by atoms with Crippen LogP contribution in [0.5, 0.6) is 0 Å². The summed E-state index contributed by atoms with van der Waals surface area (Å²) >= 11 is 10.1. The highest BCUT2D eigenvalue weighted by atomic mass is 35.5. The van der Waals surface area contributed by atoms with Crippen LogP contribution in [0.3, 0.4) is 0 Å². The van der Waals surface area contributed by atoms with Gasteiger partial charge in [-0.1, -0.05) is 23.8 Å². The summed E-state index contributed by atoms with van der Waals surface area (Å²) in [5.74, 6) is 0.157. The van der Waals surface area contributed by atoms with Crippen molar-refractivity contribution >= 4 is 68.0 Å². The lowest BCUT2D eigenvalue weighted by atomic mass is 10.1. The molecule has 1 saturated heterocycles. The van der Waals surface area contributed by atoms with Gasteiger partial charge in [0.1, 0.15) is 30.2 Å². The zero-order valence-corrected chi connectivity index (χ0v) is 23.2. The zero-order valence-electron chi connectivity index (χ0n) is 19.6. The van der Waals surface area contributed by atoms with Crippen molar-refractivity contribution in [2.75, 3.05) is 18.9 Å². The number of thiol groups is 1. The second kappa shape index (κ2) is 10.7. The molecule has 208 valence electrons. The highest BCUT2D eigenvalue weighted by molar-refractivity contribution is 8.44. The van der Waals surface area contributed by atoms with E-state index in [-0.39, 0.29) is 36.9 Å². The predicted molar refractivity (Wildman–Crippen MR) is 140 cm³/mol. The largest absolute Gasteiger partial charge is 0.387 e. The topological polar surface area (TPSA) is 184 Å². The molecule has 0 aromatic carbocycles. The fourth-order valence-corrected chi connectivity index (χ4v) is 6.34. The highest BCUT2D eigenvalue weighted by Gasteiger charge is 2.50. The molecule has 0 amide bonds. The number of anilines is 1. The van der Waals surface area contributed by atoms with Crippen LogP contribution in [0, 0.1) is 0 Å². The van der Waals surface area contributed by atoms with Gasteiger partial charge in [0.05, 0.1) is 24.6 Å². The van der Waals surface area contributed by atoms with Gasteiger partial charge >= 0.3 is 6.80 Å². The van der Waals surface area contributed by atoms with E-state index in [1.807, 2.05) is 0 Å². The third-order valence-electron chi connectivity index (χ3n) is 6.01. The highest BCUT2D eigenvalue weighted by Crippen LogP contribution is 2.57. The number of H-pyrrole nitrogens is 1. The molecule has 0 aliphatic carbocycles. The summed E-state index contributed by atoms with van der Waals surface area (Å²) in [6.07, 6.45) is -3.10. The summed E-state index contributed by atoms with van der Waals surface area (Å²) in [6.45, 7) is -4.23. The number of aromatic amines is 1. The predicted octanol–water partition coefficient (Wildman–Crippen LogP) is 2.53. The molecule has 6 heterocycles. The number of hydrogen-bond donors (Lipinski definition) is 3. The van der Waals surface area contributed by atoms with Crippen LogP contribution >= 0.6 is 39.7 Å². The van der Waals surface area contributed by atoms with Gasteiger partial charge in [-0.2, -0.15) is 4.98 Å². The molecule has 6 rings (SSSR count). The Morgan fingerprint density at radius 3 is 2.97 bits per heavy atom. The molecule has 39 heavy (non-hydrogen) atoms.